The summed E-state index contributed by atoms with van der Waals surface area (Å²) in [4.78, 5) is 34.4. The van der Waals surface area contributed by atoms with Crippen LogP contribution in [0.4, 0.5) is 5.82 Å². The van der Waals surface area contributed by atoms with Gasteiger partial charge in [0.1, 0.15) is 17.9 Å². The Balaban J connectivity index is 2.03. The van der Waals surface area contributed by atoms with Gasteiger partial charge in [-0.25, -0.2) is 15.0 Å². The number of nitrogens with zero attached hydrogens (tertiary/aromatic N) is 6. The van der Waals surface area contributed by atoms with Gasteiger partial charge in [-0.2, -0.15) is 21.6 Å². The molecule has 0 amide bonds. The Kier molecular flexibility index (Phi) is 3.98. The van der Waals surface area contributed by atoms with Gasteiger partial charge in [0.15, 0.2) is 23.7 Å². The fourth-order valence-corrected chi connectivity index (χ4v) is 3.17. The molecule has 0 aliphatic carbocycles. The highest BCUT2D eigenvalue weighted by Gasteiger charge is 2.48. The van der Waals surface area contributed by atoms with Crippen molar-refractivity contribution in [3.63, 3.8) is 0 Å². The van der Waals surface area contributed by atoms with E-state index < -0.39 is 24.4 Å². The van der Waals surface area contributed by atoms with Crippen molar-refractivity contribution < 1.29 is 4.74 Å². The summed E-state index contributed by atoms with van der Waals surface area (Å²) < 4.78 is 7.35. The van der Waals surface area contributed by atoms with E-state index >= 15 is 0 Å². The van der Waals surface area contributed by atoms with Crippen molar-refractivity contribution in [1.29, 1.82) is 0 Å². The van der Waals surface area contributed by atoms with Crippen molar-refractivity contribution in [2.45, 2.75) is 24.4 Å². The maximum atomic E-state index is 11.2. The molecule has 0 radical (unpaired) electrons. The predicted octanol–water partition coefficient (Wildman–Crippen LogP) is 0.939. The van der Waals surface area contributed by atoms with Crippen LogP contribution >= 0.6 is 11.8 Å². The number of hydrogen-bond acceptors (Lipinski definition) is 10. The van der Waals surface area contributed by atoms with E-state index in [0.29, 0.717) is 16.9 Å². The minimum atomic E-state index is -0.941. The molecule has 0 bridgehead atoms. The molecule has 1 aliphatic rings. The topological polar surface area (TPSA) is 138 Å². The molecule has 2 N–H and O–H groups in total. The van der Waals surface area contributed by atoms with Crippen LogP contribution in [0.15, 0.2) is 23.0 Å². The average molecular weight is 323 g/mol. The molecule has 1 unspecified atom stereocenters. The molecular weight excluding hydrogens is 310 g/mol. The molecule has 1 fully saturated rings. The van der Waals surface area contributed by atoms with Crippen LogP contribution in [0.5, 0.6) is 0 Å². The molecule has 4 atom stereocenters. The maximum Gasteiger partial charge on any atom is 0.167 e. The summed E-state index contributed by atoms with van der Waals surface area (Å²) in [5.74, 6) is 0.756. The van der Waals surface area contributed by atoms with Crippen molar-refractivity contribution in [3.05, 3.63) is 22.5 Å². The second kappa shape index (κ2) is 5.93. The zero-order chi connectivity index (χ0) is 15.7. The summed E-state index contributed by atoms with van der Waals surface area (Å²) in [5.41, 5.74) is 6.56. The number of nitrogens with two attached hydrogens (primary N) is 1. The van der Waals surface area contributed by atoms with Crippen LogP contribution in [0.25, 0.3) is 11.2 Å². The summed E-state index contributed by atoms with van der Waals surface area (Å²) >= 11 is 1.50. The van der Waals surface area contributed by atoms with E-state index in [1.165, 1.54) is 29.0 Å². The van der Waals surface area contributed by atoms with Crippen LogP contribution in [0.3, 0.4) is 0 Å². The Labute approximate surface area is 128 Å². The third-order valence-electron chi connectivity index (χ3n) is 3.57. The smallest absolute Gasteiger partial charge is 0.167 e. The summed E-state index contributed by atoms with van der Waals surface area (Å²) in [7, 11) is 0. The van der Waals surface area contributed by atoms with Crippen LogP contribution < -0.4 is 5.73 Å². The molecule has 2 aromatic heterocycles. The number of ether oxygens (including phenoxy) is 1. The molecule has 0 aromatic carbocycles. The molecule has 11 heteroatoms. The standard InChI is InChI=1S/C11H13N7O3S/c1-22-2-5-6(16-19)7(17-20)11(21-5)18-4-15-8-9(12)13-3-14-10(8)18/h3-7,11H,2H2,1H3,(H2,12,13,14)/t5-,6?,7+,11-/m1/s1. The fraction of sp³-hybridized carbons (Fsp3) is 0.545. The summed E-state index contributed by atoms with van der Waals surface area (Å²) in [6.45, 7) is 0. The molecule has 0 spiro atoms. The van der Waals surface area contributed by atoms with Crippen LogP contribution in [-0.4, -0.2) is 49.7 Å². The van der Waals surface area contributed by atoms with E-state index in [0.717, 1.165) is 0 Å². The third kappa shape index (κ3) is 2.22. The molecule has 3 rings (SSSR count). The van der Waals surface area contributed by atoms with Crippen molar-refractivity contribution in [2.75, 3.05) is 17.7 Å². The molecule has 0 saturated carbocycles. The van der Waals surface area contributed by atoms with Crippen molar-refractivity contribution >= 4 is 28.7 Å². The number of nitrogen functional groups attached to an aromatic ring is 1. The molecule has 2 aromatic rings. The van der Waals surface area contributed by atoms with Crippen LogP contribution in [-0.2, 0) is 4.74 Å². The van der Waals surface area contributed by atoms with E-state index in [1.807, 2.05) is 6.26 Å². The molecule has 116 valence electrons. The Morgan fingerprint density at radius 1 is 1.32 bits per heavy atom. The van der Waals surface area contributed by atoms with Gasteiger partial charge in [-0.1, -0.05) is 10.4 Å². The number of nitroso groups, excluding NO2 is 2. The summed E-state index contributed by atoms with van der Waals surface area (Å²) in [6, 6.07) is -1.78. The van der Waals surface area contributed by atoms with Gasteiger partial charge in [-0.3, -0.25) is 4.57 Å². The quantitative estimate of drug-likeness (QED) is 0.802. The van der Waals surface area contributed by atoms with E-state index in [4.69, 9.17) is 10.5 Å². The van der Waals surface area contributed by atoms with Gasteiger partial charge in [0.2, 0.25) is 0 Å². The van der Waals surface area contributed by atoms with Gasteiger partial charge in [0.25, 0.3) is 0 Å². The monoisotopic (exact) mass is 323 g/mol. The summed E-state index contributed by atoms with van der Waals surface area (Å²) in [6.07, 6.45) is 3.33. The first-order valence-corrected chi connectivity index (χ1v) is 7.83. The number of rotatable bonds is 5. The van der Waals surface area contributed by atoms with Gasteiger partial charge < -0.3 is 10.5 Å². The second-order valence-corrected chi connectivity index (χ2v) is 5.71. The first-order chi connectivity index (χ1) is 10.7. The molecule has 3 heterocycles. The van der Waals surface area contributed by atoms with Crippen LogP contribution in [0.1, 0.15) is 6.23 Å². The number of thioether (sulfide) groups is 1. The van der Waals surface area contributed by atoms with Crippen molar-refractivity contribution in [3.8, 4) is 0 Å². The number of anilines is 1. The highest BCUT2D eigenvalue weighted by atomic mass is 32.2. The lowest BCUT2D eigenvalue weighted by Gasteiger charge is -2.15. The van der Waals surface area contributed by atoms with Gasteiger partial charge >= 0.3 is 0 Å². The van der Waals surface area contributed by atoms with E-state index in [1.54, 1.807) is 0 Å². The molecule has 1 saturated heterocycles. The first-order valence-electron chi connectivity index (χ1n) is 6.43. The van der Waals surface area contributed by atoms with Crippen LogP contribution in [0.2, 0.25) is 0 Å². The normalized spacial score (nSPS) is 28.0. The Morgan fingerprint density at radius 2 is 2.09 bits per heavy atom. The lowest BCUT2D eigenvalue weighted by molar-refractivity contribution is 0.00892. The zero-order valence-electron chi connectivity index (χ0n) is 11.6. The number of aromatic nitrogens is 4. The first kappa shape index (κ1) is 14.8. The second-order valence-electron chi connectivity index (χ2n) is 4.80. The Bertz CT molecular complexity index is 708. The van der Waals surface area contributed by atoms with Crippen molar-refractivity contribution in [2.24, 2.45) is 10.4 Å². The average Bonchev–Trinajstić information content (AvgIpc) is 3.09. The lowest BCUT2D eigenvalue weighted by Crippen LogP contribution is -2.29. The Hall–Kier alpha value is -2.14. The minimum absolute atomic E-state index is 0.225. The SMILES string of the molecule is CSC[C@H]1O[C@@H](n2cnc3c(N)ncnc32)[C@@H](N=O)C1N=O. The van der Waals surface area contributed by atoms with E-state index in [2.05, 4.69) is 25.3 Å². The van der Waals surface area contributed by atoms with Crippen LogP contribution in [0, 0.1) is 9.81 Å². The minimum Gasteiger partial charge on any atom is -0.382 e. The van der Waals surface area contributed by atoms with Gasteiger partial charge in [-0.15, -0.1) is 0 Å². The molecule has 10 nitrogen and oxygen atoms in total. The predicted molar refractivity (Wildman–Crippen MR) is 81.2 cm³/mol. The third-order valence-corrected chi connectivity index (χ3v) is 4.23. The molecule has 1 aliphatic heterocycles. The van der Waals surface area contributed by atoms with Gasteiger partial charge in [0.05, 0.1) is 12.4 Å². The number of imidazole rings is 1. The van der Waals surface area contributed by atoms with Gasteiger partial charge in [0, 0.05) is 5.75 Å². The van der Waals surface area contributed by atoms with Crippen molar-refractivity contribution in [1.82, 2.24) is 19.5 Å². The van der Waals surface area contributed by atoms with E-state index in [-0.39, 0.29) is 5.82 Å². The molecule has 22 heavy (non-hydrogen) atoms. The largest absolute Gasteiger partial charge is 0.382 e. The highest BCUT2D eigenvalue weighted by Crippen LogP contribution is 2.36. The van der Waals surface area contributed by atoms with E-state index in [9.17, 15) is 9.81 Å². The zero-order valence-corrected chi connectivity index (χ0v) is 12.4. The number of fused-ring (bicyclic) bond motifs is 1. The maximum absolute atomic E-state index is 11.2. The number of hydrogen-bond donors (Lipinski definition) is 1. The highest BCUT2D eigenvalue weighted by molar-refractivity contribution is 7.98. The Morgan fingerprint density at radius 3 is 2.77 bits per heavy atom. The van der Waals surface area contributed by atoms with Gasteiger partial charge in [-0.05, 0) is 6.26 Å². The summed E-state index contributed by atoms with van der Waals surface area (Å²) in [5, 5.41) is 6.06. The fourth-order valence-electron chi connectivity index (χ4n) is 2.56. The molecular formula is C11H13N7O3S. The lowest BCUT2D eigenvalue weighted by atomic mass is 10.1.